The van der Waals surface area contributed by atoms with Crippen molar-refractivity contribution in [2.24, 2.45) is 0 Å². The molecule has 1 fully saturated rings. The van der Waals surface area contributed by atoms with Gasteiger partial charge >= 0.3 is 0 Å². The molecule has 0 radical (unpaired) electrons. The topological polar surface area (TPSA) is 27.3 Å². The van der Waals surface area contributed by atoms with Gasteiger partial charge in [-0.15, -0.1) is 0 Å². The lowest BCUT2D eigenvalue weighted by molar-refractivity contribution is 0.159. The van der Waals surface area contributed by atoms with Crippen molar-refractivity contribution in [3.05, 3.63) is 29.3 Å². The van der Waals surface area contributed by atoms with Gasteiger partial charge in [-0.2, -0.15) is 0 Å². The van der Waals surface area contributed by atoms with Gasteiger partial charge < -0.3 is 15.5 Å². The van der Waals surface area contributed by atoms with Crippen molar-refractivity contribution in [1.82, 2.24) is 10.2 Å². The zero-order chi connectivity index (χ0) is 15.9. The van der Waals surface area contributed by atoms with Crippen LogP contribution in [0.1, 0.15) is 43.7 Å². The first-order valence-electron chi connectivity index (χ1n) is 8.42. The fourth-order valence-electron chi connectivity index (χ4n) is 3.01. The summed E-state index contributed by atoms with van der Waals surface area (Å²) in [7, 11) is 0. The summed E-state index contributed by atoms with van der Waals surface area (Å²) in [5.41, 5.74) is 3.56. The van der Waals surface area contributed by atoms with Gasteiger partial charge in [-0.3, -0.25) is 0 Å². The fourth-order valence-corrected chi connectivity index (χ4v) is 3.22. The molecule has 4 heteroatoms. The van der Waals surface area contributed by atoms with Crippen LogP contribution in [0.4, 0.5) is 5.69 Å². The SMILES string of the molecule is Cc1ccc(C)c(NC(=S)NCCCN2CCCC[C@H]2C)c1. The number of nitrogens with one attached hydrogen (secondary N) is 2. The number of hydrogen-bond donors (Lipinski definition) is 2. The number of benzene rings is 1. The Bertz CT molecular complexity index is 501. The predicted octanol–water partition coefficient (Wildman–Crippen LogP) is 3.85. The Labute approximate surface area is 140 Å². The second-order valence-electron chi connectivity index (χ2n) is 6.43. The van der Waals surface area contributed by atoms with Gasteiger partial charge in [-0.1, -0.05) is 18.6 Å². The molecule has 0 saturated carbocycles. The maximum Gasteiger partial charge on any atom is 0.170 e. The van der Waals surface area contributed by atoms with Crippen LogP contribution in [0.5, 0.6) is 0 Å². The number of rotatable bonds is 5. The van der Waals surface area contributed by atoms with Gasteiger partial charge in [0, 0.05) is 24.8 Å². The third-order valence-electron chi connectivity index (χ3n) is 4.49. The van der Waals surface area contributed by atoms with Crippen molar-refractivity contribution in [2.45, 2.75) is 52.5 Å². The molecule has 2 N–H and O–H groups in total. The van der Waals surface area contributed by atoms with E-state index < -0.39 is 0 Å². The highest BCUT2D eigenvalue weighted by Crippen LogP contribution is 2.17. The number of piperidine rings is 1. The minimum atomic E-state index is 0.723. The quantitative estimate of drug-likeness (QED) is 0.637. The number of aryl methyl sites for hydroxylation is 2. The van der Waals surface area contributed by atoms with E-state index in [-0.39, 0.29) is 0 Å². The monoisotopic (exact) mass is 319 g/mol. The molecule has 122 valence electrons. The Balaban J connectivity index is 1.68. The fraction of sp³-hybridized carbons (Fsp3) is 0.611. The third kappa shape index (κ3) is 5.25. The van der Waals surface area contributed by atoms with Crippen molar-refractivity contribution in [3.8, 4) is 0 Å². The van der Waals surface area contributed by atoms with E-state index in [1.807, 2.05) is 0 Å². The maximum atomic E-state index is 5.40. The molecule has 1 aromatic rings. The molecule has 1 atom stereocenters. The minimum absolute atomic E-state index is 0.723. The zero-order valence-corrected chi connectivity index (χ0v) is 14.9. The van der Waals surface area contributed by atoms with Crippen molar-refractivity contribution in [3.63, 3.8) is 0 Å². The molecular formula is C18H29N3S. The van der Waals surface area contributed by atoms with E-state index in [9.17, 15) is 0 Å². The summed E-state index contributed by atoms with van der Waals surface area (Å²) in [5.74, 6) is 0. The van der Waals surface area contributed by atoms with E-state index >= 15 is 0 Å². The molecule has 0 spiro atoms. The molecular weight excluding hydrogens is 290 g/mol. The summed E-state index contributed by atoms with van der Waals surface area (Å²) in [6.45, 7) is 9.90. The highest BCUT2D eigenvalue weighted by Gasteiger charge is 2.17. The normalized spacial score (nSPS) is 19.0. The van der Waals surface area contributed by atoms with Crippen LogP contribution in [0.15, 0.2) is 18.2 Å². The maximum absolute atomic E-state index is 5.40. The van der Waals surface area contributed by atoms with Crippen LogP contribution in [0.3, 0.4) is 0 Å². The molecule has 0 bridgehead atoms. The van der Waals surface area contributed by atoms with Gasteiger partial charge in [0.05, 0.1) is 0 Å². The molecule has 0 amide bonds. The average Bonchev–Trinajstić information content (AvgIpc) is 2.49. The van der Waals surface area contributed by atoms with Gasteiger partial charge in [0.25, 0.3) is 0 Å². The Kier molecular flexibility index (Phi) is 6.65. The summed E-state index contributed by atoms with van der Waals surface area (Å²) in [4.78, 5) is 2.60. The molecule has 3 nitrogen and oxygen atoms in total. The predicted molar refractivity (Wildman–Crippen MR) is 99.6 cm³/mol. The number of hydrogen-bond acceptors (Lipinski definition) is 2. The number of likely N-dealkylation sites (tertiary alicyclic amines) is 1. The van der Waals surface area contributed by atoms with Gasteiger partial charge in [-0.25, -0.2) is 0 Å². The van der Waals surface area contributed by atoms with E-state index in [1.165, 1.54) is 43.5 Å². The van der Waals surface area contributed by atoms with Crippen LogP contribution in [0.2, 0.25) is 0 Å². The van der Waals surface area contributed by atoms with E-state index in [0.29, 0.717) is 0 Å². The summed E-state index contributed by atoms with van der Waals surface area (Å²) in [6, 6.07) is 7.13. The van der Waals surface area contributed by atoms with Crippen LogP contribution in [0, 0.1) is 13.8 Å². The lowest BCUT2D eigenvalue weighted by atomic mass is 10.0. The first-order chi connectivity index (χ1) is 10.6. The van der Waals surface area contributed by atoms with Crippen LogP contribution < -0.4 is 10.6 Å². The first-order valence-corrected chi connectivity index (χ1v) is 8.83. The van der Waals surface area contributed by atoms with Gasteiger partial charge in [0.15, 0.2) is 5.11 Å². The van der Waals surface area contributed by atoms with Gasteiger partial charge in [0.2, 0.25) is 0 Å². The lowest BCUT2D eigenvalue weighted by Gasteiger charge is -2.33. The summed E-state index contributed by atoms with van der Waals surface area (Å²) in [5, 5.41) is 7.35. The molecule has 1 saturated heterocycles. The zero-order valence-electron chi connectivity index (χ0n) is 14.1. The molecule has 0 unspecified atom stereocenters. The summed E-state index contributed by atoms with van der Waals surface area (Å²) >= 11 is 5.40. The third-order valence-corrected chi connectivity index (χ3v) is 4.74. The number of thiocarbonyl (C=S) groups is 1. The molecule has 0 aliphatic carbocycles. The molecule has 22 heavy (non-hydrogen) atoms. The van der Waals surface area contributed by atoms with Crippen molar-refractivity contribution >= 4 is 23.0 Å². The average molecular weight is 320 g/mol. The molecule has 2 rings (SSSR count). The highest BCUT2D eigenvalue weighted by atomic mass is 32.1. The van der Waals surface area contributed by atoms with Crippen LogP contribution >= 0.6 is 12.2 Å². The lowest BCUT2D eigenvalue weighted by Crippen LogP contribution is -2.39. The second-order valence-corrected chi connectivity index (χ2v) is 6.84. The Morgan fingerprint density at radius 3 is 2.91 bits per heavy atom. The molecule has 1 aliphatic rings. The van der Waals surface area contributed by atoms with Gasteiger partial charge in [0.1, 0.15) is 0 Å². The molecule has 1 aromatic carbocycles. The van der Waals surface area contributed by atoms with E-state index in [2.05, 4.69) is 54.5 Å². The Hall–Kier alpha value is -1.13. The number of anilines is 1. The van der Waals surface area contributed by atoms with Crippen LogP contribution in [-0.4, -0.2) is 35.7 Å². The van der Waals surface area contributed by atoms with E-state index in [4.69, 9.17) is 12.2 Å². The second kappa shape index (κ2) is 8.49. The smallest absolute Gasteiger partial charge is 0.170 e. The molecule has 1 heterocycles. The summed E-state index contributed by atoms with van der Waals surface area (Å²) in [6.07, 6.45) is 5.23. The highest BCUT2D eigenvalue weighted by molar-refractivity contribution is 7.80. The van der Waals surface area contributed by atoms with Crippen molar-refractivity contribution in [2.75, 3.05) is 25.0 Å². The summed E-state index contributed by atoms with van der Waals surface area (Å²) < 4.78 is 0. The standard InChI is InChI=1S/C18H29N3S/c1-14-8-9-15(2)17(13-14)20-18(22)19-10-6-12-21-11-5-4-7-16(21)3/h8-9,13,16H,4-7,10-12H2,1-3H3,(H2,19,20,22)/t16-/m1/s1. The Morgan fingerprint density at radius 2 is 2.14 bits per heavy atom. The van der Waals surface area contributed by atoms with E-state index in [1.54, 1.807) is 0 Å². The van der Waals surface area contributed by atoms with Crippen molar-refractivity contribution < 1.29 is 0 Å². The first kappa shape index (κ1) is 17.2. The minimum Gasteiger partial charge on any atom is -0.362 e. The molecule has 1 aliphatic heterocycles. The van der Waals surface area contributed by atoms with Crippen LogP contribution in [0.25, 0.3) is 0 Å². The van der Waals surface area contributed by atoms with Crippen LogP contribution in [-0.2, 0) is 0 Å². The largest absolute Gasteiger partial charge is 0.362 e. The number of nitrogens with zero attached hydrogens (tertiary/aromatic N) is 1. The molecule has 0 aromatic heterocycles. The Morgan fingerprint density at radius 1 is 1.32 bits per heavy atom. The van der Waals surface area contributed by atoms with E-state index in [0.717, 1.165) is 29.8 Å². The van der Waals surface area contributed by atoms with Gasteiger partial charge in [-0.05, 0) is 76.0 Å². The van der Waals surface area contributed by atoms with Crippen molar-refractivity contribution in [1.29, 1.82) is 0 Å².